The van der Waals surface area contributed by atoms with E-state index in [2.05, 4.69) is 23.6 Å². The van der Waals surface area contributed by atoms with Crippen molar-refractivity contribution in [2.24, 2.45) is 0 Å². The molecule has 3 aromatic carbocycles. The third-order valence-corrected chi connectivity index (χ3v) is 6.40. The number of hydrogen-bond acceptors (Lipinski definition) is 3. The van der Waals surface area contributed by atoms with Gasteiger partial charge >= 0.3 is 5.97 Å². The number of carboxylic acids is 1. The molecule has 0 spiro atoms. The summed E-state index contributed by atoms with van der Waals surface area (Å²) in [6.07, 6.45) is 3.35. The summed E-state index contributed by atoms with van der Waals surface area (Å²) in [7, 11) is 0. The smallest absolute Gasteiger partial charge is 0.335 e. The van der Waals surface area contributed by atoms with E-state index in [-0.39, 0.29) is 5.56 Å². The summed E-state index contributed by atoms with van der Waals surface area (Å²) in [5.41, 5.74) is 6.03. The number of aromatic nitrogens is 2. The van der Waals surface area contributed by atoms with Crippen molar-refractivity contribution in [2.75, 3.05) is 6.61 Å². The molecule has 5 nitrogen and oxygen atoms in total. The number of unbranched alkanes of at least 4 members (excludes halogenated alkanes) is 2. The van der Waals surface area contributed by atoms with E-state index in [0.29, 0.717) is 18.2 Å². The first kappa shape index (κ1) is 23.8. The summed E-state index contributed by atoms with van der Waals surface area (Å²) >= 11 is 6.63. The van der Waals surface area contributed by atoms with E-state index < -0.39 is 5.97 Å². The van der Waals surface area contributed by atoms with Crippen LogP contribution in [0.2, 0.25) is 5.02 Å². The maximum atomic E-state index is 11.4. The zero-order valence-corrected chi connectivity index (χ0v) is 20.5. The molecule has 6 heteroatoms. The van der Waals surface area contributed by atoms with Crippen molar-refractivity contribution in [3.8, 4) is 16.9 Å². The second-order valence-corrected chi connectivity index (χ2v) is 9.01. The molecular formula is C28H29ClN2O3. The highest BCUT2D eigenvalue weighted by Gasteiger charge is 2.15. The van der Waals surface area contributed by atoms with Gasteiger partial charge in [0.2, 0.25) is 0 Å². The highest BCUT2D eigenvalue weighted by molar-refractivity contribution is 6.31. The van der Waals surface area contributed by atoms with Crippen LogP contribution in [-0.4, -0.2) is 27.2 Å². The van der Waals surface area contributed by atoms with Crippen molar-refractivity contribution in [3.63, 3.8) is 0 Å². The molecule has 0 atom stereocenters. The zero-order chi connectivity index (χ0) is 24.2. The average Bonchev–Trinajstić information content (AvgIpc) is 3.14. The van der Waals surface area contributed by atoms with E-state index in [1.54, 1.807) is 18.2 Å². The molecule has 176 valence electrons. The third-order valence-electron chi connectivity index (χ3n) is 6.05. The number of carbonyl (C=O) groups is 1. The fourth-order valence-corrected chi connectivity index (χ4v) is 4.40. The first-order valence-corrected chi connectivity index (χ1v) is 12.0. The summed E-state index contributed by atoms with van der Waals surface area (Å²) in [6, 6.07) is 17.0. The van der Waals surface area contributed by atoms with Crippen LogP contribution in [0.4, 0.5) is 0 Å². The van der Waals surface area contributed by atoms with Crippen LogP contribution in [-0.2, 0) is 6.54 Å². The van der Waals surface area contributed by atoms with Gasteiger partial charge in [0.05, 0.1) is 29.7 Å². The molecule has 0 fully saturated rings. The molecule has 4 rings (SSSR count). The van der Waals surface area contributed by atoms with Crippen LogP contribution in [0.5, 0.6) is 5.75 Å². The number of halogens is 1. The fourth-order valence-electron chi connectivity index (χ4n) is 4.17. The second-order valence-electron chi connectivity index (χ2n) is 8.60. The monoisotopic (exact) mass is 476 g/mol. The van der Waals surface area contributed by atoms with Gasteiger partial charge in [-0.2, -0.15) is 0 Å². The molecule has 0 amide bonds. The quantitative estimate of drug-likeness (QED) is 0.257. The number of imidazole rings is 1. The van der Waals surface area contributed by atoms with Crippen LogP contribution in [0.25, 0.3) is 22.2 Å². The summed E-state index contributed by atoms with van der Waals surface area (Å²) in [6.45, 7) is 7.46. The number of ether oxygens (including phenoxy) is 1. The Hall–Kier alpha value is -3.31. The molecule has 0 aliphatic heterocycles. The fraction of sp³-hybridized carbons (Fsp3) is 0.286. The predicted octanol–water partition coefficient (Wildman–Crippen LogP) is 7.29. The summed E-state index contributed by atoms with van der Waals surface area (Å²) in [4.78, 5) is 16.2. The van der Waals surface area contributed by atoms with Crippen LogP contribution in [0.1, 0.15) is 53.5 Å². The first-order chi connectivity index (χ1) is 16.4. The van der Waals surface area contributed by atoms with Crippen molar-refractivity contribution in [1.82, 2.24) is 9.55 Å². The molecule has 0 saturated carbocycles. The van der Waals surface area contributed by atoms with Gasteiger partial charge in [-0.3, -0.25) is 0 Å². The van der Waals surface area contributed by atoms with Crippen LogP contribution in [0.3, 0.4) is 0 Å². The maximum Gasteiger partial charge on any atom is 0.335 e. The van der Waals surface area contributed by atoms with E-state index in [1.807, 2.05) is 38.1 Å². The van der Waals surface area contributed by atoms with Gasteiger partial charge < -0.3 is 14.4 Å². The lowest BCUT2D eigenvalue weighted by molar-refractivity contribution is 0.0697. The number of benzene rings is 3. The predicted molar refractivity (Wildman–Crippen MR) is 137 cm³/mol. The van der Waals surface area contributed by atoms with E-state index >= 15 is 0 Å². The Morgan fingerprint density at radius 3 is 2.62 bits per heavy atom. The highest BCUT2D eigenvalue weighted by atomic mass is 35.5. The molecule has 0 aliphatic carbocycles. The number of aryl methyl sites for hydroxylation is 2. The van der Waals surface area contributed by atoms with Crippen LogP contribution >= 0.6 is 11.6 Å². The molecule has 1 aromatic heterocycles. The highest BCUT2D eigenvalue weighted by Crippen LogP contribution is 2.31. The van der Waals surface area contributed by atoms with Gasteiger partial charge in [-0.1, -0.05) is 49.6 Å². The molecule has 0 bridgehead atoms. The molecule has 4 aromatic rings. The standard InChI is InChI=1S/C28H29ClN2O3/c1-4-5-6-12-34-24-11-10-22(25(29)16-24)17-31-19(3)30-27-18(2)13-23(15-26(27)31)20-8-7-9-21(14-20)28(32)33/h7-11,13-16H,4-6,12,17H2,1-3H3,(H,32,33). The van der Waals surface area contributed by atoms with Crippen LogP contribution in [0, 0.1) is 13.8 Å². The van der Waals surface area contributed by atoms with Gasteiger partial charge in [-0.25, -0.2) is 9.78 Å². The number of carboxylic acid groups (broad SMARTS) is 1. The molecule has 34 heavy (non-hydrogen) atoms. The van der Waals surface area contributed by atoms with Crippen molar-refractivity contribution in [3.05, 3.63) is 82.1 Å². The minimum Gasteiger partial charge on any atom is -0.494 e. The zero-order valence-electron chi connectivity index (χ0n) is 19.8. The number of rotatable bonds is 9. The van der Waals surface area contributed by atoms with E-state index in [4.69, 9.17) is 21.3 Å². The first-order valence-electron chi connectivity index (χ1n) is 11.6. The Labute approximate surface area is 205 Å². The van der Waals surface area contributed by atoms with E-state index in [0.717, 1.165) is 64.1 Å². The van der Waals surface area contributed by atoms with Gasteiger partial charge in [0.25, 0.3) is 0 Å². The van der Waals surface area contributed by atoms with Gasteiger partial charge in [0.15, 0.2) is 0 Å². The topological polar surface area (TPSA) is 64.4 Å². The third kappa shape index (κ3) is 5.10. The van der Waals surface area contributed by atoms with Crippen LogP contribution in [0.15, 0.2) is 54.6 Å². The lowest BCUT2D eigenvalue weighted by Gasteiger charge is -2.12. The van der Waals surface area contributed by atoms with Crippen molar-refractivity contribution >= 4 is 28.6 Å². The molecule has 0 unspecified atom stereocenters. The lowest BCUT2D eigenvalue weighted by atomic mass is 10.0. The maximum absolute atomic E-state index is 11.4. The normalized spacial score (nSPS) is 11.2. The van der Waals surface area contributed by atoms with Gasteiger partial charge in [-0.05, 0) is 78.9 Å². The van der Waals surface area contributed by atoms with Crippen molar-refractivity contribution < 1.29 is 14.6 Å². The minimum atomic E-state index is -0.937. The van der Waals surface area contributed by atoms with Gasteiger partial charge in [-0.15, -0.1) is 0 Å². The van der Waals surface area contributed by atoms with E-state index in [1.165, 1.54) is 0 Å². The van der Waals surface area contributed by atoms with Crippen LogP contribution < -0.4 is 4.74 Å². The van der Waals surface area contributed by atoms with Gasteiger partial charge in [0.1, 0.15) is 11.6 Å². The van der Waals surface area contributed by atoms with E-state index in [9.17, 15) is 9.90 Å². The Bertz CT molecular complexity index is 1340. The minimum absolute atomic E-state index is 0.267. The Balaban J connectivity index is 1.66. The Morgan fingerprint density at radius 1 is 1.06 bits per heavy atom. The molecule has 1 N–H and O–H groups in total. The largest absolute Gasteiger partial charge is 0.494 e. The van der Waals surface area contributed by atoms with Gasteiger partial charge in [0, 0.05) is 5.02 Å². The number of hydrogen-bond donors (Lipinski definition) is 1. The van der Waals surface area contributed by atoms with Crippen molar-refractivity contribution in [1.29, 1.82) is 0 Å². The SMILES string of the molecule is CCCCCOc1ccc(Cn2c(C)nc3c(C)cc(-c4cccc(C(=O)O)c4)cc32)c(Cl)c1. The summed E-state index contributed by atoms with van der Waals surface area (Å²) < 4.78 is 7.98. The lowest BCUT2D eigenvalue weighted by Crippen LogP contribution is -2.03. The van der Waals surface area contributed by atoms with Crippen molar-refractivity contribution in [2.45, 2.75) is 46.6 Å². The molecule has 0 saturated heterocycles. The molecule has 0 radical (unpaired) electrons. The molecule has 0 aliphatic rings. The Kier molecular flexibility index (Phi) is 7.23. The second kappa shape index (κ2) is 10.3. The number of fused-ring (bicyclic) bond motifs is 1. The Morgan fingerprint density at radius 2 is 1.88 bits per heavy atom. The number of nitrogens with zero attached hydrogens (tertiary/aromatic N) is 2. The summed E-state index contributed by atoms with van der Waals surface area (Å²) in [5, 5.41) is 10.0. The number of aromatic carboxylic acids is 1. The molecular weight excluding hydrogens is 448 g/mol. The average molecular weight is 477 g/mol. The summed E-state index contributed by atoms with van der Waals surface area (Å²) in [5.74, 6) is 0.743. The molecule has 1 heterocycles.